The number of hydrogen-bond donors (Lipinski definition) is 1. The van der Waals surface area contributed by atoms with E-state index in [0.717, 1.165) is 5.69 Å². The molecule has 1 N–H and O–H groups in total. The Labute approximate surface area is 111 Å². The Hall–Kier alpha value is -1.22. The highest BCUT2D eigenvalue weighted by molar-refractivity contribution is 14.1. The smallest absolute Gasteiger partial charge is 0.265 e. The summed E-state index contributed by atoms with van der Waals surface area (Å²) in [4.78, 5) is 18.9. The lowest BCUT2D eigenvalue weighted by molar-refractivity contribution is 0.180. The summed E-state index contributed by atoms with van der Waals surface area (Å²) < 4.78 is 7.23. The number of aromatic amines is 1. The van der Waals surface area contributed by atoms with Crippen LogP contribution in [-0.2, 0) is 18.4 Å². The fourth-order valence-electron chi connectivity index (χ4n) is 1.47. The van der Waals surface area contributed by atoms with Gasteiger partial charge in [0.15, 0.2) is 5.82 Å². The molecule has 7 heteroatoms. The number of halogens is 1. The van der Waals surface area contributed by atoms with Crippen molar-refractivity contribution in [2.75, 3.05) is 7.11 Å². The quantitative estimate of drug-likeness (QED) is 0.839. The Bertz CT molecular complexity index is 590. The molecule has 90 valence electrons. The molecule has 2 rings (SSSR count). The second-order valence-electron chi connectivity index (χ2n) is 3.45. The Balaban J connectivity index is 2.57. The lowest BCUT2D eigenvalue weighted by atomic mass is 10.3. The van der Waals surface area contributed by atoms with Gasteiger partial charge in [0.1, 0.15) is 9.26 Å². The third-order valence-electron chi connectivity index (χ3n) is 2.28. The summed E-state index contributed by atoms with van der Waals surface area (Å²) in [6, 6.07) is 1.79. The van der Waals surface area contributed by atoms with Gasteiger partial charge in [-0.15, -0.1) is 0 Å². The number of rotatable bonds is 3. The van der Waals surface area contributed by atoms with Gasteiger partial charge in [0, 0.05) is 20.4 Å². The topological polar surface area (TPSA) is 72.8 Å². The van der Waals surface area contributed by atoms with Gasteiger partial charge < -0.3 is 9.72 Å². The minimum Gasteiger partial charge on any atom is -0.378 e. The normalized spacial score (nSPS) is 10.8. The molecule has 0 unspecified atom stereocenters. The van der Waals surface area contributed by atoms with Gasteiger partial charge in [-0.25, -0.2) is 4.98 Å². The van der Waals surface area contributed by atoms with Gasteiger partial charge in [-0.3, -0.25) is 9.48 Å². The summed E-state index contributed by atoms with van der Waals surface area (Å²) in [5.74, 6) is 0.502. The van der Waals surface area contributed by atoms with Crippen molar-refractivity contribution in [3.05, 3.63) is 31.9 Å². The van der Waals surface area contributed by atoms with Gasteiger partial charge in [0.2, 0.25) is 0 Å². The molecule has 2 heterocycles. The molecule has 0 fully saturated rings. The number of hydrogen-bond acceptors (Lipinski definition) is 4. The predicted octanol–water partition coefficient (Wildman–Crippen LogP) is 0.921. The molecular weight excluding hydrogens is 335 g/mol. The van der Waals surface area contributed by atoms with E-state index in [1.165, 1.54) is 0 Å². The van der Waals surface area contributed by atoms with Crippen molar-refractivity contribution < 1.29 is 4.74 Å². The second-order valence-corrected chi connectivity index (χ2v) is 4.53. The lowest BCUT2D eigenvalue weighted by Crippen LogP contribution is -2.17. The largest absolute Gasteiger partial charge is 0.378 e. The molecular formula is C10H11IN4O2. The van der Waals surface area contributed by atoms with E-state index in [4.69, 9.17) is 4.74 Å². The van der Waals surface area contributed by atoms with Crippen LogP contribution in [0.15, 0.2) is 17.1 Å². The maximum atomic E-state index is 11.8. The van der Waals surface area contributed by atoms with Crippen molar-refractivity contribution in [2.24, 2.45) is 7.05 Å². The third-order valence-corrected chi connectivity index (χ3v) is 3.39. The van der Waals surface area contributed by atoms with Crippen molar-refractivity contribution in [1.82, 2.24) is 19.7 Å². The monoisotopic (exact) mass is 346 g/mol. The minimum absolute atomic E-state index is 0.163. The number of methoxy groups -OCH3 is 1. The molecule has 0 aliphatic heterocycles. The standard InChI is InChI=1S/C10H11IN4O2/c1-15-7(3-4-12-15)9-13-6(5-17-2)8(11)10(16)14-9/h3-4H,5H2,1-2H3,(H,13,14,16). The van der Waals surface area contributed by atoms with E-state index in [0.29, 0.717) is 21.7 Å². The SMILES string of the molecule is COCc1nc(-c2ccnn2C)[nH]c(=O)c1I. The van der Waals surface area contributed by atoms with Crippen LogP contribution >= 0.6 is 22.6 Å². The van der Waals surface area contributed by atoms with Gasteiger partial charge >= 0.3 is 0 Å². The predicted molar refractivity (Wildman–Crippen MR) is 70.5 cm³/mol. The van der Waals surface area contributed by atoms with E-state index < -0.39 is 0 Å². The van der Waals surface area contributed by atoms with Gasteiger partial charge in [0.25, 0.3) is 5.56 Å². The molecule has 0 radical (unpaired) electrons. The number of nitrogens with zero attached hydrogens (tertiary/aromatic N) is 3. The molecule has 0 aliphatic rings. The van der Waals surface area contributed by atoms with Gasteiger partial charge in [-0.1, -0.05) is 0 Å². The zero-order chi connectivity index (χ0) is 12.4. The molecule has 6 nitrogen and oxygen atoms in total. The number of ether oxygens (including phenoxy) is 1. The van der Waals surface area contributed by atoms with Gasteiger partial charge in [-0.2, -0.15) is 5.10 Å². The zero-order valence-electron chi connectivity index (χ0n) is 9.40. The summed E-state index contributed by atoms with van der Waals surface area (Å²) in [5, 5.41) is 4.04. The van der Waals surface area contributed by atoms with Crippen LogP contribution in [0.25, 0.3) is 11.5 Å². The Morgan fingerprint density at radius 2 is 2.35 bits per heavy atom. The fraction of sp³-hybridized carbons (Fsp3) is 0.300. The van der Waals surface area contributed by atoms with Gasteiger partial charge in [-0.05, 0) is 28.7 Å². The Kier molecular flexibility index (Phi) is 3.57. The first-order valence-electron chi connectivity index (χ1n) is 4.89. The Morgan fingerprint density at radius 3 is 2.94 bits per heavy atom. The molecule has 2 aromatic heterocycles. The third kappa shape index (κ3) is 2.39. The van der Waals surface area contributed by atoms with Crippen molar-refractivity contribution in [1.29, 1.82) is 0 Å². The second kappa shape index (κ2) is 4.96. The highest BCUT2D eigenvalue weighted by Crippen LogP contribution is 2.14. The van der Waals surface area contributed by atoms with Gasteiger partial charge in [0.05, 0.1) is 12.3 Å². The molecule has 0 aliphatic carbocycles. The molecule has 0 amide bonds. The molecule has 0 spiro atoms. The number of aryl methyl sites for hydroxylation is 1. The Morgan fingerprint density at radius 1 is 1.59 bits per heavy atom. The highest BCUT2D eigenvalue weighted by atomic mass is 127. The summed E-state index contributed by atoms with van der Waals surface area (Å²) in [7, 11) is 3.37. The van der Waals surface area contributed by atoms with Crippen LogP contribution in [0, 0.1) is 3.57 Å². The van der Waals surface area contributed by atoms with Crippen LogP contribution in [0.4, 0.5) is 0 Å². The van der Waals surface area contributed by atoms with Crippen LogP contribution < -0.4 is 5.56 Å². The molecule has 2 aromatic rings. The zero-order valence-corrected chi connectivity index (χ0v) is 11.6. The average molecular weight is 346 g/mol. The van der Waals surface area contributed by atoms with Crippen LogP contribution in [0.3, 0.4) is 0 Å². The van der Waals surface area contributed by atoms with E-state index in [9.17, 15) is 4.79 Å². The van der Waals surface area contributed by atoms with Crippen molar-refractivity contribution >= 4 is 22.6 Å². The number of aromatic nitrogens is 4. The van der Waals surface area contributed by atoms with Crippen molar-refractivity contribution in [3.63, 3.8) is 0 Å². The average Bonchev–Trinajstić information content (AvgIpc) is 2.71. The van der Waals surface area contributed by atoms with E-state index in [2.05, 4.69) is 15.1 Å². The van der Waals surface area contributed by atoms with Crippen LogP contribution in [-0.4, -0.2) is 26.9 Å². The fourth-order valence-corrected chi connectivity index (χ4v) is 1.88. The first-order chi connectivity index (χ1) is 8.13. The number of H-pyrrole nitrogens is 1. The maximum absolute atomic E-state index is 11.8. The summed E-state index contributed by atoms with van der Waals surface area (Å²) >= 11 is 1.96. The first-order valence-corrected chi connectivity index (χ1v) is 5.97. The molecule has 0 bridgehead atoms. The highest BCUT2D eigenvalue weighted by Gasteiger charge is 2.11. The summed E-state index contributed by atoms with van der Waals surface area (Å²) in [6.45, 7) is 0.313. The number of nitrogens with one attached hydrogen (secondary N) is 1. The van der Waals surface area contributed by atoms with E-state index >= 15 is 0 Å². The molecule has 0 saturated heterocycles. The van der Waals surface area contributed by atoms with E-state index in [1.54, 1.807) is 31.1 Å². The van der Waals surface area contributed by atoms with Crippen LogP contribution in [0.2, 0.25) is 0 Å². The van der Waals surface area contributed by atoms with E-state index in [1.807, 2.05) is 22.6 Å². The van der Waals surface area contributed by atoms with Crippen molar-refractivity contribution in [2.45, 2.75) is 6.61 Å². The van der Waals surface area contributed by atoms with Crippen molar-refractivity contribution in [3.8, 4) is 11.5 Å². The molecule has 0 atom stereocenters. The minimum atomic E-state index is -0.163. The molecule has 0 aromatic carbocycles. The summed E-state index contributed by atoms with van der Waals surface area (Å²) in [6.07, 6.45) is 1.66. The molecule has 0 saturated carbocycles. The maximum Gasteiger partial charge on any atom is 0.265 e. The lowest BCUT2D eigenvalue weighted by Gasteiger charge is -2.06. The summed E-state index contributed by atoms with van der Waals surface area (Å²) in [5.41, 5.74) is 1.23. The van der Waals surface area contributed by atoms with Crippen LogP contribution in [0.5, 0.6) is 0 Å². The first kappa shape index (κ1) is 12.2. The van der Waals surface area contributed by atoms with E-state index in [-0.39, 0.29) is 5.56 Å². The van der Waals surface area contributed by atoms with Crippen LogP contribution in [0.1, 0.15) is 5.69 Å². The molecule has 17 heavy (non-hydrogen) atoms.